The van der Waals surface area contributed by atoms with Gasteiger partial charge in [0, 0.05) is 10.3 Å². The molecule has 2 aliphatic heterocycles. The average Bonchev–Trinajstić information content (AvgIpc) is 3.15. The summed E-state index contributed by atoms with van der Waals surface area (Å²) < 4.78 is -0.571. The van der Waals surface area contributed by atoms with Crippen LogP contribution in [0.4, 0.5) is 0 Å². The fourth-order valence-electron chi connectivity index (χ4n) is 4.72. The Morgan fingerprint density at radius 1 is 1.03 bits per heavy atom. The van der Waals surface area contributed by atoms with Crippen molar-refractivity contribution >= 4 is 35.5 Å². The first kappa shape index (κ1) is 26.1. The standard InChI is InChI=1S/C25H35N3O5S/c1-13(2)11-17(20(29)27-18(24(32)33)12-14(3)4)26-21(30)19-25(5,6)34-23-16-10-8-7-9-15(16)22(31)28(19)23/h7-10,13-14,17-19,23H,11-12H2,1-6H3,(H,26,30)(H,27,29)(H,32,33)/t17-,18-,19+,23?/m0/s1. The summed E-state index contributed by atoms with van der Waals surface area (Å²) in [5.74, 6) is -2.06. The zero-order valence-electron chi connectivity index (χ0n) is 20.6. The minimum absolute atomic E-state index is 0.0793. The molecule has 1 fully saturated rings. The van der Waals surface area contributed by atoms with E-state index in [0.717, 1.165) is 5.56 Å². The van der Waals surface area contributed by atoms with E-state index in [1.54, 1.807) is 22.7 Å². The molecule has 1 unspecified atom stereocenters. The van der Waals surface area contributed by atoms with Gasteiger partial charge in [0.15, 0.2) is 0 Å². The number of carboxylic acids is 1. The number of aliphatic carboxylic acids is 1. The molecular weight excluding hydrogens is 454 g/mol. The summed E-state index contributed by atoms with van der Waals surface area (Å²) in [5, 5.41) is 14.7. The van der Waals surface area contributed by atoms with E-state index in [-0.39, 0.29) is 29.5 Å². The van der Waals surface area contributed by atoms with E-state index in [1.807, 2.05) is 59.7 Å². The zero-order valence-corrected chi connectivity index (χ0v) is 21.4. The van der Waals surface area contributed by atoms with Gasteiger partial charge in [0.05, 0.1) is 0 Å². The third kappa shape index (κ3) is 5.24. The number of benzene rings is 1. The molecule has 0 spiro atoms. The molecule has 3 N–H and O–H groups in total. The van der Waals surface area contributed by atoms with Crippen molar-refractivity contribution in [2.45, 2.75) is 82.6 Å². The Hall–Kier alpha value is -2.55. The van der Waals surface area contributed by atoms with Crippen LogP contribution in [0.5, 0.6) is 0 Å². The number of fused-ring (bicyclic) bond motifs is 3. The molecule has 9 heteroatoms. The number of rotatable bonds is 9. The average molecular weight is 490 g/mol. The predicted octanol–water partition coefficient (Wildman–Crippen LogP) is 3.18. The fraction of sp³-hybridized carbons (Fsp3) is 0.600. The van der Waals surface area contributed by atoms with Gasteiger partial charge in [-0.1, -0.05) is 45.9 Å². The highest BCUT2D eigenvalue weighted by Crippen LogP contribution is 2.56. The Morgan fingerprint density at radius 3 is 2.21 bits per heavy atom. The van der Waals surface area contributed by atoms with Crippen molar-refractivity contribution in [3.63, 3.8) is 0 Å². The summed E-state index contributed by atoms with van der Waals surface area (Å²) in [5.41, 5.74) is 1.50. The number of nitrogens with one attached hydrogen (secondary N) is 2. The molecule has 2 aliphatic rings. The molecule has 1 aromatic rings. The highest BCUT2D eigenvalue weighted by molar-refractivity contribution is 8.01. The Bertz CT molecular complexity index is 977. The first-order chi connectivity index (χ1) is 15.8. The van der Waals surface area contributed by atoms with Gasteiger partial charge < -0.3 is 20.6 Å². The maximum Gasteiger partial charge on any atom is 0.326 e. The molecule has 3 rings (SSSR count). The van der Waals surface area contributed by atoms with Crippen molar-refractivity contribution in [2.24, 2.45) is 11.8 Å². The molecule has 4 atom stereocenters. The zero-order chi connectivity index (χ0) is 25.4. The number of carboxylic acid groups (broad SMARTS) is 1. The molecule has 2 heterocycles. The van der Waals surface area contributed by atoms with Crippen molar-refractivity contribution in [1.82, 2.24) is 15.5 Å². The summed E-state index contributed by atoms with van der Waals surface area (Å²) in [4.78, 5) is 53.1. The molecule has 0 aliphatic carbocycles. The van der Waals surface area contributed by atoms with Gasteiger partial charge in [0.25, 0.3) is 5.91 Å². The normalized spacial score (nSPS) is 22.4. The molecule has 186 valence electrons. The van der Waals surface area contributed by atoms with Crippen LogP contribution in [-0.2, 0) is 14.4 Å². The van der Waals surface area contributed by atoms with Gasteiger partial charge in [-0.2, -0.15) is 0 Å². The molecule has 0 radical (unpaired) electrons. The first-order valence-electron chi connectivity index (χ1n) is 11.8. The molecule has 8 nitrogen and oxygen atoms in total. The van der Waals surface area contributed by atoms with Gasteiger partial charge in [0.1, 0.15) is 23.5 Å². The molecule has 0 bridgehead atoms. The molecule has 0 aromatic heterocycles. The maximum atomic E-state index is 13.6. The topological polar surface area (TPSA) is 116 Å². The lowest BCUT2D eigenvalue weighted by Crippen LogP contribution is -2.58. The number of carbonyl (C=O) groups is 4. The van der Waals surface area contributed by atoms with Crippen molar-refractivity contribution in [3.05, 3.63) is 35.4 Å². The smallest absolute Gasteiger partial charge is 0.326 e. The van der Waals surface area contributed by atoms with Crippen LogP contribution in [0.15, 0.2) is 24.3 Å². The lowest BCUT2D eigenvalue weighted by molar-refractivity contribution is -0.142. The highest BCUT2D eigenvalue weighted by atomic mass is 32.2. The number of thioether (sulfide) groups is 1. The van der Waals surface area contributed by atoms with Crippen molar-refractivity contribution in [1.29, 1.82) is 0 Å². The second kappa shape index (κ2) is 9.98. The Labute approximate surface area is 205 Å². The van der Waals surface area contributed by atoms with Gasteiger partial charge in [-0.25, -0.2) is 4.79 Å². The van der Waals surface area contributed by atoms with Crippen molar-refractivity contribution < 1.29 is 24.3 Å². The molecular formula is C25H35N3O5S. The molecule has 3 amide bonds. The second-order valence-corrected chi connectivity index (χ2v) is 12.2. The van der Waals surface area contributed by atoms with Crippen LogP contribution >= 0.6 is 11.8 Å². The molecule has 34 heavy (non-hydrogen) atoms. The third-order valence-corrected chi connectivity index (χ3v) is 7.74. The van der Waals surface area contributed by atoms with Crippen LogP contribution in [0.3, 0.4) is 0 Å². The second-order valence-electron chi connectivity index (χ2n) is 10.5. The number of hydrogen-bond donors (Lipinski definition) is 3. The summed E-state index contributed by atoms with van der Waals surface area (Å²) in [7, 11) is 0. The van der Waals surface area contributed by atoms with E-state index in [1.165, 1.54) is 0 Å². The maximum absolute atomic E-state index is 13.6. The fourth-order valence-corrected chi connectivity index (χ4v) is 6.31. The number of hydrogen-bond acceptors (Lipinski definition) is 5. The van der Waals surface area contributed by atoms with Crippen molar-refractivity contribution in [3.8, 4) is 0 Å². The SMILES string of the molecule is CC(C)C[C@H](NC(=O)[C@H](CC(C)C)NC(=O)[C@H]1N2C(=O)c3ccccc3C2SC1(C)C)C(=O)O. The van der Waals surface area contributed by atoms with E-state index in [2.05, 4.69) is 10.6 Å². The lowest BCUT2D eigenvalue weighted by Gasteiger charge is -2.31. The van der Waals surface area contributed by atoms with E-state index < -0.39 is 40.7 Å². The quantitative estimate of drug-likeness (QED) is 0.491. The Morgan fingerprint density at radius 2 is 1.62 bits per heavy atom. The predicted molar refractivity (Wildman–Crippen MR) is 131 cm³/mol. The third-order valence-electron chi connectivity index (χ3n) is 6.21. The molecule has 0 saturated carbocycles. The van der Waals surface area contributed by atoms with Crippen LogP contribution in [-0.4, -0.2) is 56.6 Å². The first-order valence-corrected chi connectivity index (χ1v) is 12.6. The minimum Gasteiger partial charge on any atom is -0.480 e. The van der Waals surface area contributed by atoms with Crippen LogP contribution in [0, 0.1) is 11.8 Å². The molecule has 1 aromatic carbocycles. The van der Waals surface area contributed by atoms with E-state index in [4.69, 9.17) is 0 Å². The van der Waals surface area contributed by atoms with Gasteiger partial charge in [-0.15, -0.1) is 11.8 Å². The number of carbonyl (C=O) groups excluding carboxylic acids is 3. The largest absolute Gasteiger partial charge is 0.480 e. The highest BCUT2D eigenvalue weighted by Gasteiger charge is 2.57. The van der Waals surface area contributed by atoms with Crippen LogP contribution in [0.2, 0.25) is 0 Å². The van der Waals surface area contributed by atoms with Crippen LogP contribution in [0.25, 0.3) is 0 Å². The summed E-state index contributed by atoms with van der Waals surface area (Å²) in [6, 6.07) is 4.68. The Balaban J connectivity index is 1.82. The van der Waals surface area contributed by atoms with E-state index in [0.29, 0.717) is 12.0 Å². The van der Waals surface area contributed by atoms with Crippen LogP contribution in [0.1, 0.15) is 75.7 Å². The van der Waals surface area contributed by atoms with Crippen LogP contribution < -0.4 is 10.6 Å². The summed E-state index contributed by atoms with van der Waals surface area (Å²) in [6.45, 7) is 11.5. The summed E-state index contributed by atoms with van der Waals surface area (Å²) >= 11 is 1.56. The monoisotopic (exact) mass is 489 g/mol. The number of nitrogens with zero attached hydrogens (tertiary/aromatic N) is 1. The Kier molecular flexibility index (Phi) is 7.65. The van der Waals surface area contributed by atoms with E-state index >= 15 is 0 Å². The summed E-state index contributed by atoms with van der Waals surface area (Å²) in [6.07, 6.45) is 0.640. The minimum atomic E-state index is -1.10. The van der Waals surface area contributed by atoms with Gasteiger partial charge in [0.2, 0.25) is 11.8 Å². The number of amides is 3. The molecule has 1 saturated heterocycles. The lowest BCUT2D eigenvalue weighted by atomic mass is 9.97. The van der Waals surface area contributed by atoms with Gasteiger partial charge in [-0.3, -0.25) is 14.4 Å². The van der Waals surface area contributed by atoms with E-state index in [9.17, 15) is 24.3 Å². The van der Waals surface area contributed by atoms with Gasteiger partial charge in [-0.05, 0) is 50.2 Å². The van der Waals surface area contributed by atoms with Crippen molar-refractivity contribution in [2.75, 3.05) is 0 Å². The van der Waals surface area contributed by atoms with Gasteiger partial charge >= 0.3 is 5.97 Å².